The summed E-state index contributed by atoms with van der Waals surface area (Å²) >= 11 is 0. The Morgan fingerprint density at radius 1 is 0.895 bits per heavy atom. The molecule has 1 aromatic rings. The molecular formula is C17H11NO. The lowest BCUT2D eigenvalue weighted by molar-refractivity contribution is 0.395. The van der Waals surface area contributed by atoms with Crippen LogP contribution >= 0.6 is 0 Å². The first-order valence-electron chi connectivity index (χ1n) is 6.23. The van der Waals surface area contributed by atoms with E-state index < -0.39 is 0 Å². The van der Waals surface area contributed by atoms with Crippen LogP contribution in [-0.4, -0.2) is 0 Å². The van der Waals surface area contributed by atoms with Crippen molar-refractivity contribution in [1.29, 1.82) is 0 Å². The molecule has 0 amide bonds. The number of hydrogen-bond acceptors (Lipinski definition) is 2. The van der Waals surface area contributed by atoms with Gasteiger partial charge in [0, 0.05) is 16.4 Å². The highest BCUT2D eigenvalue weighted by Crippen LogP contribution is 2.25. The van der Waals surface area contributed by atoms with Gasteiger partial charge in [0.05, 0.1) is 23.6 Å². The molecule has 2 nitrogen and oxygen atoms in total. The van der Waals surface area contributed by atoms with E-state index in [9.17, 15) is 0 Å². The van der Waals surface area contributed by atoms with Crippen molar-refractivity contribution in [2.24, 2.45) is 4.99 Å². The van der Waals surface area contributed by atoms with E-state index >= 15 is 0 Å². The van der Waals surface area contributed by atoms with Gasteiger partial charge in [-0.05, 0) is 23.8 Å². The van der Waals surface area contributed by atoms with E-state index in [1.54, 1.807) is 12.5 Å². The minimum atomic E-state index is 1.02. The van der Waals surface area contributed by atoms with E-state index in [0.29, 0.717) is 0 Å². The maximum Gasteiger partial charge on any atom is 0.0979 e. The predicted octanol–water partition coefficient (Wildman–Crippen LogP) is 2.28. The Morgan fingerprint density at radius 2 is 1.84 bits per heavy atom. The third kappa shape index (κ3) is 1.61. The summed E-state index contributed by atoms with van der Waals surface area (Å²) in [5, 5.41) is 2.23. The monoisotopic (exact) mass is 245 g/mol. The standard InChI is InChI=1S/C17H11NO/c1-2-4-16-14(3-1)15-7-5-13-11-19-10-9-12(13)6-8-17(15)18-16/h1-11H/b7-5-,12-6-,17-8+. The molecule has 0 saturated carbocycles. The van der Waals surface area contributed by atoms with Gasteiger partial charge in [-0.3, -0.25) is 0 Å². The van der Waals surface area contributed by atoms with Crippen LogP contribution in [0.1, 0.15) is 0 Å². The van der Waals surface area contributed by atoms with Crippen LogP contribution in [0.5, 0.6) is 0 Å². The van der Waals surface area contributed by atoms with Crippen LogP contribution in [0.25, 0.3) is 5.57 Å². The highest BCUT2D eigenvalue weighted by atomic mass is 16.5. The number of ether oxygens (including phenoxy) is 1. The van der Waals surface area contributed by atoms with E-state index in [0.717, 1.165) is 22.2 Å². The van der Waals surface area contributed by atoms with Gasteiger partial charge in [-0.15, -0.1) is 0 Å². The van der Waals surface area contributed by atoms with Gasteiger partial charge in [0.25, 0.3) is 0 Å². The first-order valence-corrected chi connectivity index (χ1v) is 6.23. The van der Waals surface area contributed by atoms with Crippen LogP contribution in [0.4, 0.5) is 0 Å². The number of hydrogen-bond donors (Lipinski definition) is 0. The van der Waals surface area contributed by atoms with Crippen molar-refractivity contribution in [3.8, 4) is 0 Å². The zero-order valence-electron chi connectivity index (χ0n) is 10.2. The van der Waals surface area contributed by atoms with Gasteiger partial charge < -0.3 is 4.74 Å². The van der Waals surface area contributed by atoms with Crippen LogP contribution < -0.4 is 10.6 Å². The van der Waals surface area contributed by atoms with Crippen LogP contribution in [0, 0.1) is 0 Å². The van der Waals surface area contributed by atoms with Crippen molar-refractivity contribution in [1.82, 2.24) is 0 Å². The normalized spacial score (nSPS) is 25.9. The molecule has 90 valence electrons. The van der Waals surface area contributed by atoms with Gasteiger partial charge >= 0.3 is 0 Å². The summed E-state index contributed by atoms with van der Waals surface area (Å²) < 4.78 is 5.23. The van der Waals surface area contributed by atoms with Gasteiger partial charge in [0.15, 0.2) is 0 Å². The van der Waals surface area contributed by atoms with Crippen molar-refractivity contribution in [3.63, 3.8) is 0 Å². The lowest BCUT2D eigenvalue weighted by Gasteiger charge is -2.10. The SMILES string of the molecule is C1=C/C2=C/C=C3/N=c4ccccc4=C3/C=C\C2=CO1. The number of allylic oxidation sites excluding steroid dienone is 7. The smallest absolute Gasteiger partial charge is 0.0979 e. The largest absolute Gasteiger partial charge is 0.472 e. The maximum atomic E-state index is 5.23. The molecule has 0 spiro atoms. The number of para-hydroxylation sites is 1. The van der Waals surface area contributed by atoms with E-state index in [4.69, 9.17) is 4.74 Å². The second-order valence-corrected chi connectivity index (χ2v) is 4.56. The number of nitrogens with zero attached hydrogens (tertiary/aromatic N) is 1. The molecule has 3 aliphatic rings. The quantitative estimate of drug-likeness (QED) is 0.687. The van der Waals surface area contributed by atoms with Crippen molar-refractivity contribution < 1.29 is 4.74 Å². The van der Waals surface area contributed by atoms with Gasteiger partial charge in [-0.25, -0.2) is 4.99 Å². The molecule has 0 atom stereocenters. The van der Waals surface area contributed by atoms with Crippen LogP contribution in [0.15, 0.2) is 89.0 Å². The topological polar surface area (TPSA) is 21.6 Å². The Bertz CT molecular complexity index is 832. The van der Waals surface area contributed by atoms with Crippen LogP contribution in [-0.2, 0) is 4.74 Å². The first-order chi connectivity index (χ1) is 9.42. The summed E-state index contributed by atoms with van der Waals surface area (Å²) in [6, 6.07) is 8.22. The van der Waals surface area contributed by atoms with E-state index in [2.05, 4.69) is 35.4 Å². The molecule has 2 heteroatoms. The molecule has 0 bridgehead atoms. The van der Waals surface area contributed by atoms with E-state index in [-0.39, 0.29) is 0 Å². The fourth-order valence-electron chi connectivity index (χ4n) is 2.45. The average molecular weight is 245 g/mol. The lowest BCUT2D eigenvalue weighted by Crippen LogP contribution is -2.21. The van der Waals surface area contributed by atoms with Gasteiger partial charge in [0.1, 0.15) is 0 Å². The Hall–Kier alpha value is -2.61. The minimum absolute atomic E-state index is 1.02. The summed E-state index contributed by atoms with van der Waals surface area (Å²) in [5.41, 5.74) is 4.40. The average Bonchev–Trinajstić information content (AvgIpc) is 2.78. The number of fused-ring (bicyclic) bond motifs is 3. The Kier molecular flexibility index (Phi) is 2.15. The summed E-state index contributed by atoms with van der Waals surface area (Å²) in [5.74, 6) is 0. The highest BCUT2D eigenvalue weighted by molar-refractivity contribution is 5.76. The van der Waals surface area contributed by atoms with Crippen molar-refractivity contribution >= 4 is 5.57 Å². The van der Waals surface area contributed by atoms with Crippen molar-refractivity contribution in [2.45, 2.75) is 0 Å². The van der Waals surface area contributed by atoms with Crippen molar-refractivity contribution in [2.75, 3.05) is 0 Å². The maximum absolute atomic E-state index is 5.23. The molecule has 2 heterocycles. The van der Waals surface area contributed by atoms with Gasteiger partial charge in [-0.2, -0.15) is 0 Å². The van der Waals surface area contributed by atoms with Crippen LogP contribution in [0.2, 0.25) is 0 Å². The molecule has 0 N–H and O–H groups in total. The molecule has 0 aromatic heterocycles. The Morgan fingerprint density at radius 3 is 2.84 bits per heavy atom. The molecule has 1 aliphatic carbocycles. The molecule has 0 saturated heterocycles. The fourth-order valence-corrected chi connectivity index (χ4v) is 2.45. The molecule has 2 aliphatic heterocycles. The molecule has 0 fully saturated rings. The Labute approximate surface area is 110 Å². The van der Waals surface area contributed by atoms with Crippen molar-refractivity contribution in [3.05, 3.63) is 94.6 Å². The van der Waals surface area contributed by atoms with Gasteiger partial charge in [0.2, 0.25) is 0 Å². The number of benzene rings is 1. The number of rotatable bonds is 0. The summed E-state index contributed by atoms with van der Waals surface area (Å²) in [7, 11) is 0. The zero-order chi connectivity index (χ0) is 12.7. The minimum Gasteiger partial charge on any atom is -0.472 e. The molecular weight excluding hydrogens is 234 g/mol. The summed E-state index contributed by atoms with van der Waals surface area (Å²) in [4.78, 5) is 4.67. The van der Waals surface area contributed by atoms with E-state index in [1.165, 1.54) is 10.8 Å². The predicted molar refractivity (Wildman–Crippen MR) is 74.2 cm³/mol. The third-order valence-corrected chi connectivity index (χ3v) is 3.42. The molecule has 4 rings (SSSR count). The zero-order valence-corrected chi connectivity index (χ0v) is 10.2. The third-order valence-electron chi connectivity index (χ3n) is 3.42. The van der Waals surface area contributed by atoms with Crippen LogP contribution in [0.3, 0.4) is 0 Å². The summed E-state index contributed by atoms with van der Waals surface area (Å²) in [6.45, 7) is 0. The molecule has 19 heavy (non-hydrogen) atoms. The highest BCUT2D eigenvalue weighted by Gasteiger charge is 2.12. The van der Waals surface area contributed by atoms with E-state index in [1.807, 2.05) is 24.3 Å². The Balaban J connectivity index is 2.01. The molecule has 0 unspecified atom stereocenters. The fraction of sp³-hybridized carbons (Fsp3) is 0. The lowest BCUT2D eigenvalue weighted by atomic mass is 10.00. The molecule has 0 radical (unpaired) electrons. The molecule has 1 aromatic carbocycles. The summed E-state index contributed by atoms with van der Waals surface area (Å²) in [6.07, 6.45) is 13.8. The second-order valence-electron chi connectivity index (χ2n) is 4.56. The van der Waals surface area contributed by atoms with Gasteiger partial charge in [-0.1, -0.05) is 36.4 Å². The first kappa shape index (κ1) is 10.3. The second kappa shape index (κ2) is 3.95.